The molecule has 2 fully saturated rings. The SMILES string of the molecule is CC(NC(=O)c1ccc2cnn(C)c2c1)C(=O)N1CCC2(CC1)CC2. The Morgan fingerprint density at radius 3 is 2.60 bits per heavy atom. The van der Waals surface area contributed by atoms with Gasteiger partial charge in [-0.3, -0.25) is 14.3 Å². The van der Waals surface area contributed by atoms with Crippen molar-refractivity contribution in [2.24, 2.45) is 12.5 Å². The molecule has 1 saturated carbocycles. The molecule has 1 aromatic heterocycles. The summed E-state index contributed by atoms with van der Waals surface area (Å²) >= 11 is 0. The van der Waals surface area contributed by atoms with Crippen LogP contribution in [-0.4, -0.2) is 45.6 Å². The molecule has 1 unspecified atom stereocenters. The maximum atomic E-state index is 12.6. The minimum absolute atomic E-state index is 0.0189. The molecule has 25 heavy (non-hydrogen) atoms. The molecule has 1 N–H and O–H groups in total. The normalized spacial score (nSPS) is 19.8. The van der Waals surface area contributed by atoms with E-state index in [1.807, 2.05) is 24.1 Å². The van der Waals surface area contributed by atoms with Crippen molar-refractivity contribution < 1.29 is 9.59 Å². The van der Waals surface area contributed by atoms with Crippen LogP contribution in [0.5, 0.6) is 0 Å². The van der Waals surface area contributed by atoms with Crippen molar-refractivity contribution in [3.63, 3.8) is 0 Å². The van der Waals surface area contributed by atoms with Crippen molar-refractivity contribution in [2.75, 3.05) is 13.1 Å². The summed E-state index contributed by atoms with van der Waals surface area (Å²) in [4.78, 5) is 27.0. The lowest BCUT2D eigenvalue weighted by Crippen LogP contribution is -2.49. The largest absolute Gasteiger partial charge is 0.341 e. The molecule has 1 aliphatic heterocycles. The van der Waals surface area contributed by atoms with E-state index in [1.165, 1.54) is 12.8 Å². The van der Waals surface area contributed by atoms with Gasteiger partial charge < -0.3 is 10.2 Å². The highest BCUT2D eigenvalue weighted by molar-refractivity contribution is 6.00. The van der Waals surface area contributed by atoms with Gasteiger partial charge in [0.15, 0.2) is 0 Å². The molecule has 1 aromatic carbocycles. The average Bonchev–Trinajstić information content (AvgIpc) is 3.27. The molecule has 2 aliphatic rings. The van der Waals surface area contributed by atoms with Crippen LogP contribution in [0.15, 0.2) is 24.4 Å². The van der Waals surface area contributed by atoms with Crippen molar-refractivity contribution in [1.29, 1.82) is 0 Å². The van der Waals surface area contributed by atoms with Gasteiger partial charge in [-0.1, -0.05) is 6.07 Å². The Hall–Kier alpha value is -2.37. The van der Waals surface area contributed by atoms with Gasteiger partial charge >= 0.3 is 0 Å². The quantitative estimate of drug-likeness (QED) is 0.930. The Labute approximate surface area is 147 Å². The molecule has 1 saturated heterocycles. The fourth-order valence-corrected chi connectivity index (χ4v) is 3.78. The average molecular weight is 340 g/mol. The number of aryl methyl sites for hydroxylation is 1. The van der Waals surface area contributed by atoms with Crippen molar-refractivity contribution >= 4 is 22.7 Å². The van der Waals surface area contributed by atoms with Crippen LogP contribution in [-0.2, 0) is 11.8 Å². The Kier molecular flexibility index (Phi) is 3.78. The van der Waals surface area contributed by atoms with Gasteiger partial charge in [-0.15, -0.1) is 0 Å². The van der Waals surface area contributed by atoms with Crippen molar-refractivity contribution in [3.8, 4) is 0 Å². The van der Waals surface area contributed by atoms with Gasteiger partial charge in [-0.25, -0.2) is 0 Å². The Balaban J connectivity index is 1.40. The van der Waals surface area contributed by atoms with E-state index in [2.05, 4.69) is 10.4 Å². The highest BCUT2D eigenvalue weighted by Crippen LogP contribution is 2.53. The van der Waals surface area contributed by atoms with Crippen LogP contribution in [0.2, 0.25) is 0 Å². The molecule has 1 aliphatic carbocycles. The summed E-state index contributed by atoms with van der Waals surface area (Å²) in [7, 11) is 1.85. The first kappa shape index (κ1) is 16.1. The van der Waals surface area contributed by atoms with E-state index >= 15 is 0 Å². The number of likely N-dealkylation sites (tertiary alicyclic amines) is 1. The van der Waals surface area contributed by atoms with Gasteiger partial charge in [0.05, 0.1) is 11.7 Å². The second kappa shape index (κ2) is 5.86. The Morgan fingerprint density at radius 2 is 1.92 bits per heavy atom. The van der Waals surface area contributed by atoms with E-state index in [9.17, 15) is 9.59 Å². The van der Waals surface area contributed by atoms with Crippen LogP contribution >= 0.6 is 0 Å². The molecule has 2 amide bonds. The zero-order valence-corrected chi connectivity index (χ0v) is 14.8. The number of hydrogen-bond acceptors (Lipinski definition) is 3. The summed E-state index contributed by atoms with van der Waals surface area (Å²) < 4.78 is 1.74. The third kappa shape index (κ3) is 3.01. The lowest BCUT2D eigenvalue weighted by molar-refractivity contribution is -0.134. The molecule has 6 heteroatoms. The molecule has 2 aromatic rings. The number of hydrogen-bond donors (Lipinski definition) is 1. The molecular formula is C19H24N4O2. The summed E-state index contributed by atoms with van der Waals surface area (Å²) in [6, 6.07) is 4.95. The predicted molar refractivity (Wildman–Crippen MR) is 95.1 cm³/mol. The fraction of sp³-hybridized carbons (Fsp3) is 0.526. The van der Waals surface area contributed by atoms with Gasteiger partial charge in [-0.05, 0) is 50.2 Å². The maximum Gasteiger partial charge on any atom is 0.251 e. The highest BCUT2D eigenvalue weighted by atomic mass is 16.2. The van der Waals surface area contributed by atoms with Crippen molar-refractivity contribution in [3.05, 3.63) is 30.0 Å². The van der Waals surface area contributed by atoms with E-state index in [0.717, 1.165) is 36.8 Å². The van der Waals surface area contributed by atoms with Crippen LogP contribution in [0.1, 0.15) is 43.0 Å². The zero-order valence-electron chi connectivity index (χ0n) is 14.8. The van der Waals surface area contributed by atoms with Crippen LogP contribution in [0, 0.1) is 5.41 Å². The van der Waals surface area contributed by atoms with E-state index < -0.39 is 6.04 Å². The number of piperidine rings is 1. The number of carbonyl (C=O) groups is 2. The summed E-state index contributed by atoms with van der Waals surface area (Å²) in [5, 5.41) is 8.02. The molecule has 1 spiro atoms. The van der Waals surface area contributed by atoms with Crippen LogP contribution in [0.4, 0.5) is 0 Å². The second-order valence-electron chi connectivity index (χ2n) is 7.56. The number of nitrogens with one attached hydrogen (secondary N) is 1. The van der Waals surface area contributed by atoms with Gasteiger partial charge in [0.1, 0.15) is 6.04 Å². The summed E-state index contributed by atoms with van der Waals surface area (Å²) in [5.41, 5.74) is 1.99. The van der Waals surface area contributed by atoms with Crippen LogP contribution in [0.25, 0.3) is 10.9 Å². The van der Waals surface area contributed by atoms with Gasteiger partial charge in [0.2, 0.25) is 5.91 Å². The second-order valence-corrected chi connectivity index (χ2v) is 7.56. The third-order valence-corrected chi connectivity index (χ3v) is 5.82. The first-order valence-electron chi connectivity index (χ1n) is 8.99. The molecule has 6 nitrogen and oxygen atoms in total. The third-order valence-electron chi connectivity index (χ3n) is 5.82. The number of rotatable bonds is 3. The molecule has 0 radical (unpaired) electrons. The topological polar surface area (TPSA) is 67.2 Å². The zero-order chi connectivity index (χ0) is 17.6. The smallest absolute Gasteiger partial charge is 0.251 e. The Morgan fingerprint density at radius 1 is 1.20 bits per heavy atom. The first-order valence-corrected chi connectivity index (χ1v) is 8.99. The minimum Gasteiger partial charge on any atom is -0.341 e. The summed E-state index contributed by atoms with van der Waals surface area (Å²) in [5.74, 6) is -0.204. The maximum absolute atomic E-state index is 12.6. The molecular weight excluding hydrogens is 316 g/mol. The van der Waals surface area contributed by atoms with E-state index in [-0.39, 0.29) is 11.8 Å². The molecule has 0 bridgehead atoms. The fourth-order valence-electron chi connectivity index (χ4n) is 3.78. The van der Waals surface area contributed by atoms with E-state index in [4.69, 9.17) is 0 Å². The van der Waals surface area contributed by atoms with Crippen LogP contribution in [0.3, 0.4) is 0 Å². The first-order chi connectivity index (χ1) is 12.0. The molecule has 1 atom stereocenters. The number of nitrogens with zero attached hydrogens (tertiary/aromatic N) is 3. The number of carbonyl (C=O) groups excluding carboxylic acids is 2. The monoisotopic (exact) mass is 340 g/mol. The lowest BCUT2D eigenvalue weighted by atomic mass is 9.93. The number of fused-ring (bicyclic) bond motifs is 1. The summed E-state index contributed by atoms with van der Waals surface area (Å²) in [6.45, 7) is 3.41. The number of aromatic nitrogens is 2. The standard InChI is InChI=1S/C19H24N4O2/c1-13(18(25)23-9-7-19(5-6-19)8-10-23)21-17(24)14-3-4-15-12-20-22(2)16(15)11-14/h3-4,11-13H,5-10H2,1-2H3,(H,21,24). The van der Waals surface area contributed by atoms with E-state index in [0.29, 0.717) is 11.0 Å². The summed E-state index contributed by atoms with van der Waals surface area (Å²) in [6.07, 6.45) is 6.62. The number of benzene rings is 1. The molecule has 4 rings (SSSR count). The van der Waals surface area contributed by atoms with Crippen molar-refractivity contribution in [1.82, 2.24) is 20.0 Å². The van der Waals surface area contributed by atoms with Crippen LogP contribution < -0.4 is 5.32 Å². The molecule has 2 heterocycles. The Bertz CT molecular complexity index is 827. The number of amides is 2. The predicted octanol–water partition coefficient (Wildman–Crippen LogP) is 2.09. The minimum atomic E-state index is -0.511. The van der Waals surface area contributed by atoms with Gasteiger partial charge in [0, 0.05) is 31.1 Å². The highest BCUT2D eigenvalue weighted by Gasteiger charge is 2.45. The van der Waals surface area contributed by atoms with Crippen molar-refractivity contribution in [2.45, 2.75) is 38.6 Å². The molecule has 132 valence electrons. The van der Waals surface area contributed by atoms with Gasteiger partial charge in [0.25, 0.3) is 5.91 Å². The lowest BCUT2D eigenvalue weighted by Gasteiger charge is -2.33. The van der Waals surface area contributed by atoms with E-state index in [1.54, 1.807) is 23.9 Å². The van der Waals surface area contributed by atoms with Gasteiger partial charge in [-0.2, -0.15) is 5.10 Å².